The molecule has 0 unspecified atom stereocenters. The maximum absolute atomic E-state index is 12.4. The van der Waals surface area contributed by atoms with Crippen molar-refractivity contribution in [3.63, 3.8) is 0 Å². The summed E-state index contributed by atoms with van der Waals surface area (Å²) in [6.45, 7) is 5.31. The number of amides is 3. The highest BCUT2D eigenvalue weighted by Crippen LogP contribution is 2.41. The van der Waals surface area contributed by atoms with Crippen LogP contribution >= 0.6 is 23.1 Å². The second kappa shape index (κ2) is 11.7. The first kappa shape index (κ1) is 26.5. The topological polar surface area (TPSA) is 119 Å². The molecule has 0 saturated heterocycles. The van der Waals surface area contributed by atoms with Crippen LogP contribution in [0.3, 0.4) is 0 Å². The average molecular weight is 541 g/mol. The first-order valence-electron chi connectivity index (χ1n) is 11.6. The summed E-state index contributed by atoms with van der Waals surface area (Å²) in [6.07, 6.45) is 0.792. The Hall–Kier alpha value is -3.57. The van der Waals surface area contributed by atoms with Gasteiger partial charge in [0.2, 0.25) is 11.8 Å². The first-order valence-corrected chi connectivity index (χ1v) is 13.6. The molecule has 3 amide bonds. The molecule has 0 radical (unpaired) electrons. The summed E-state index contributed by atoms with van der Waals surface area (Å²) in [7, 11) is 0. The molecular weight excluding hydrogens is 512 g/mol. The lowest BCUT2D eigenvalue weighted by atomic mass is 10.0. The first-order chi connectivity index (χ1) is 17.7. The highest BCUT2D eigenvalue weighted by molar-refractivity contribution is 7.99. The van der Waals surface area contributed by atoms with Gasteiger partial charge in [-0.15, -0.1) is 23.1 Å². The molecule has 3 aromatic rings. The van der Waals surface area contributed by atoms with Crippen molar-refractivity contribution in [1.29, 1.82) is 0 Å². The maximum Gasteiger partial charge on any atom is 0.264 e. The van der Waals surface area contributed by atoms with Gasteiger partial charge >= 0.3 is 0 Å². The molecule has 2 heterocycles. The zero-order chi connectivity index (χ0) is 26.4. The lowest BCUT2D eigenvalue weighted by Crippen LogP contribution is -2.25. The van der Waals surface area contributed by atoms with Gasteiger partial charge in [0, 0.05) is 41.4 Å². The van der Waals surface area contributed by atoms with Crippen LogP contribution in [0.2, 0.25) is 0 Å². The van der Waals surface area contributed by atoms with Crippen molar-refractivity contribution < 1.29 is 23.9 Å². The predicted octanol–water partition coefficient (Wildman–Crippen LogP) is 4.70. The van der Waals surface area contributed by atoms with Crippen LogP contribution < -0.4 is 25.4 Å². The number of hydrogen-bond donors (Lipinski definition) is 3. The van der Waals surface area contributed by atoms with Crippen molar-refractivity contribution in [2.45, 2.75) is 38.5 Å². The second-order valence-electron chi connectivity index (χ2n) is 9.06. The highest BCUT2D eigenvalue weighted by atomic mass is 32.2. The van der Waals surface area contributed by atoms with E-state index in [1.54, 1.807) is 30.3 Å². The molecular formula is C26H28N4O5S2. The summed E-state index contributed by atoms with van der Waals surface area (Å²) in [5.74, 6) is 1.42. The van der Waals surface area contributed by atoms with E-state index < -0.39 is 0 Å². The van der Waals surface area contributed by atoms with Crippen LogP contribution in [0.5, 0.6) is 11.5 Å². The smallest absolute Gasteiger partial charge is 0.264 e. The largest absolute Gasteiger partial charge is 0.483 e. The molecule has 4 rings (SSSR count). The minimum Gasteiger partial charge on any atom is -0.483 e. The monoisotopic (exact) mass is 540 g/mol. The van der Waals surface area contributed by atoms with Crippen molar-refractivity contribution >= 4 is 57.3 Å². The van der Waals surface area contributed by atoms with E-state index in [0.717, 1.165) is 17.7 Å². The zero-order valence-electron chi connectivity index (χ0n) is 20.8. The number of hydrogen-bond acceptors (Lipinski definition) is 8. The average Bonchev–Trinajstić information content (AvgIpc) is 3.40. The molecule has 194 valence electrons. The summed E-state index contributed by atoms with van der Waals surface area (Å²) >= 11 is 2.74. The van der Waals surface area contributed by atoms with E-state index in [1.165, 1.54) is 30.0 Å². The number of para-hydroxylation sites is 1. The van der Waals surface area contributed by atoms with E-state index in [4.69, 9.17) is 9.47 Å². The third kappa shape index (κ3) is 7.70. The van der Waals surface area contributed by atoms with Crippen molar-refractivity contribution in [1.82, 2.24) is 4.98 Å². The number of anilines is 3. The minimum atomic E-state index is -0.313. The van der Waals surface area contributed by atoms with Crippen LogP contribution in [0.4, 0.5) is 16.5 Å². The zero-order valence-corrected chi connectivity index (χ0v) is 22.4. The van der Waals surface area contributed by atoms with Crippen LogP contribution in [-0.2, 0) is 26.6 Å². The summed E-state index contributed by atoms with van der Waals surface area (Å²) in [6, 6.07) is 12.6. The molecule has 0 spiro atoms. The van der Waals surface area contributed by atoms with Crippen molar-refractivity contribution in [3.8, 4) is 11.5 Å². The quantitative estimate of drug-likeness (QED) is 0.341. The van der Waals surface area contributed by atoms with Gasteiger partial charge in [-0.2, -0.15) is 0 Å². The van der Waals surface area contributed by atoms with E-state index in [-0.39, 0.29) is 35.7 Å². The number of thioether (sulfide) groups is 1. The number of aromatic nitrogens is 1. The molecule has 11 heteroatoms. The molecule has 0 fully saturated rings. The Kier molecular flexibility index (Phi) is 8.34. The van der Waals surface area contributed by atoms with Crippen LogP contribution in [0, 0.1) is 0 Å². The third-order valence-electron chi connectivity index (χ3n) is 5.18. The number of fused-ring (bicyclic) bond motifs is 1. The summed E-state index contributed by atoms with van der Waals surface area (Å²) < 4.78 is 11.7. The van der Waals surface area contributed by atoms with Crippen molar-refractivity contribution in [2.75, 3.05) is 28.3 Å². The van der Waals surface area contributed by atoms with Gasteiger partial charge in [-0.3, -0.25) is 19.7 Å². The molecule has 0 aliphatic carbocycles. The molecule has 1 aliphatic heterocycles. The standard InChI is InChI=1S/C26H28N4O5S2/c1-16(31)27-18-7-9-19(10-8-18)28-23(33)15-36-13-20-14-37-25(29-20)30-22(32)12-34-21-6-4-5-17-11-26(2,3)35-24(17)21/h4-10,14H,11-13,15H2,1-3H3,(H,27,31)(H,28,33)(H,29,30,32). The molecule has 2 aromatic carbocycles. The Morgan fingerprint density at radius 3 is 2.51 bits per heavy atom. The van der Waals surface area contributed by atoms with Gasteiger partial charge in [0.1, 0.15) is 5.60 Å². The fourth-order valence-corrected chi connectivity index (χ4v) is 5.26. The number of benzene rings is 2. The van der Waals surface area contributed by atoms with Gasteiger partial charge in [-0.1, -0.05) is 12.1 Å². The van der Waals surface area contributed by atoms with Crippen molar-refractivity contribution in [3.05, 3.63) is 59.1 Å². The number of ether oxygens (including phenoxy) is 2. The van der Waals surface area contributed by atoms with Gasteiger partial charge in [0.15, 0.2) is 23.2 Å². The number of rotatable bonds is 10. The summed E-state index contributed by atoms with van der Waals surface area (Å²) in [5.41, 5.74) is 2.87. The van der Waals surface area contributed by atoms with E-state index >= 15 is 0 Å². The van der Waals surface area contributed by atoms with Crippen LogP contribution in [0.1, 0.15) is 32.0 Å². The molecule has 9 nitrogen and oxygen atoms in total. The van der Waals surface area contributed by atoms with E-state index in [2.05, 4.69) is 20.9 Å². The minimum absolute atomic E-state index is 0.141. The van der Waals surface area contributed by atoms with Crippen molar-refractivity contribution in [2.24, 2.45) is 0 Å². The summed E-state index contributed by atoms with van der Waals surface area (Å²) in [5, 5.41) is 10.6. The molecule has 0 saturated carbocycles. The molecule has 0 atom stereocenters. The SMILES string of the molecule is CC(=O)Nc1ccc(NC(=O)CSCc2csc(NC(=O)COc3cccc4c3OC(C)(C)C4)n2)cc1. The van der Waals surface area contributed by atoms with E-state index in [1.807, 2.05) is 31.4 Å². The van der Waals surface area contributed by atoms with Gasteiger partial charge in [0.25, 0.3) is 5.91 Å². The van der Waals surface area contributed by atoms with Crippen LogP contribution in [-0.4, -0.2) is 40.7 Å². The Bertz CT molecular complexity index is 1290. The molecule has 1 aliphatic rings. The van der Waals surface area contributed by atoms with Gasteiger partial charge < -0.3 is 20.1 Å². The van der Waals surface area contributed by atoms with Gasteiger partial charge in [0.05, 0.1) is 11.4 Å². The normalized spacial score (nSPS) is 13.3. The lowest BCUT2D eigenvalue weighted by Gasteiger charge is -2.18. The predicted molar refractivity (Wildman–Crippen MR) is 147 cm³/mol. The molecule has 37 heavy (non-hydrogen) atoms. The molecule has 1 aromatic heterocycles. The van der Waals surface area contributed by atoms with E-state index in [9.17, 15) is 14.4 Å². The number of nitrogens with one attached hydrogen (secondary N) is 3. The van der Waals surface area contributed by atoms with Gasteiger partial charge in [-0.05, 0) is 44.2 Å². The lowest BCUT2D eigenvalue weighted by molar-refractivity contribution is -0.118. The summed E-state index contributed by atoms with van der Waals surface area (Å²) in [4.78, 5) is 40.1. The molecule has 0 bridgehead atoms. The molecule has 3 N–H and O–H groups in total. The fourth-order valence-electron chi connectivity index (χ4n) is 3.72. The highest BCUT2D eigenvalue weighted by Gasteiger charge is 2.32. The Labute approximate surface area is 223 Å². The number of carbonyl (C=O) groups is 3. The van der Waals surface area contributed by atoms with E-state index in [0.29, 0.717) is 33.8 Å². The maximum atomic E-state index is 12.4. The number of thiazole rings is 1. The third-order valence-corrected chi connectivity index (χ3v) is 6.96. The Balaban J connectivity index is 1.18. The Morgan fingerprint density at radius 2 is 1.78 bits per heavy atom. The van der Waals surface area contributed by atoms with Gasteiger partial charge in [-0.25, -0.2) is 4.98 Å². The Morgan fingerprint density at radius 1 is 1.05 bits per heavy atom. The number of carbonyl (C=O) groups excluding carboxylic acids is 3. The number of nitrogens with zero attached hydrogens (tertiary/aromatic N) is 1. The van der Waals surface area contributed by atoms with Crippen LogP contribution in [0.15, 0.2) is 47.8 Å². The van der Waals surface area contributed by atoms with Crippen LogP contribution in [0.25, 0.3) is 0 Å². The fraction of sp³-hybridized carbons (Fsp3) is 0.308. The second-order valence-corrected chi connectivity index (χ2v) is 10.9.